The van der Waals surface area contributed by atoms with E-state index in [0.717, 1.165) is 18.4 Å². The standard InChI is InChI=1S/C29H25BrO6/c1-3-7-18-14-21-25(16-24(18)36-29(32)20-8-4-5-9-22(20)30)35-17(2)27(28(21)31)19-10-11-23-26(15-19)34-13-6-12-33-23/h4-5,8-11,14-16H,3,6-7,12-13H2,1-2H3. The number of benzene rings is 3. The lowest BCUT2D eigenvalue weighted by Crippen LogP contribution is -2.12. The Balaban J connectivity index is 1.59. The van der Waals surface area contributed by atoms with E-state index >= 15 is 0 Å². The van der Waals surface area contributed by atoms with Crippen molar-refractivity contribution < 1.29 is 23.4 Å². The minimum Gasteiger partial charge on any atom is -0.490 e. The molecule has 0 N–H and O–H groups in total. The molecule has 36 heavy (non-hydrogen) atoms. The number of hydrogen-bond donors (Lipinski definition) is 0. The minimum absolute atomic E-state index is 0.149. The Kier molecular flexibility index (Phi) is 6.83. The molecule has 0 atom stereocenters. The average molecular weight is 549 g/mol. The van der Waals surface area contributed by atoms with Crippen molar-refractivity contribution in [3.8, 4) is 28.4 Å². The highest BCUT2D eigenvalue weighted by Crippen LogP contribution is 2.36. The maximum absolute atomic E-state index is 13.7. The van der Waals surface area contributed by atoms with Gasteiger partial charge < -0.3 is 18.6 Å². The van der Waals surface area contributed by atoms with Crippen molar-refractivity contribution in [2.24, 2.45) is 0 Å². The SMILES string of the molecule is CCCc1cc2c(=O)c(-c3ccc4c(c3)OCCCO4)c(C)oc2cc1OC(=O)c1ccccc1Br. The van der Waals surface area contributed by atoms with E-state index in [9.17, 15) is 9.59 Å². The lowest BCUT2D eigenvalue weighted by molar-refractivity contribution is 0.0732. The molecule has 0 amide bonds. The van der Waals surface area contributed by atoms with Crippen molar-refractivity contribution in [3.63, 3.8) is 0 Å². The summed E-state index contributed by atoms with van der Waals surface area (Å²) in [5, 5.41) is 0.437. The van der Waals surface area contributed by atoms with Crippen LogP contribution in [0, 0.1) is 6.92 Å². The zero-order valence-corrected chi connectivity index (χ0v) is 21.6. The van der Waals surface area contributed by atoms with Crippen LogP contribution in [0.5, 0.6) is 17.2 Å². The maximum atomic E-state index is 13.7. The average Bonchev–Trinajstić information content (AvgIpc) is 3.10. The Hall–Kier alpha value is -3.58. The fourth-order valence-electron chi connectivity index (χ4n) is 4.37. The van der Waals surface area contributed by atoms with Crippen LogP contribution in [0.3, 0.4) is 0 Å². The van der Waals surface area contributed by atoms with E-state index in [0.29, 0.717) is 74.8 Å². The summed E-state index contributed by atoms with van der Waals surface area (Å²) in [5.74, 6) is 1.65. The molecule has 1 aromatic heterocycles. The van der Waals surface area contributed by atoms with Gasteiger partial charge in [0.1, 0.15) is 17.1 Å². The second-order valence-electron chi connectivity index (χ2n) is 8.65. The Labute approximate surface area is 216 Å². The Morgan fingerprint density at radius 1 is 1.03 bits per heavy atom. The fourth-order valence-corrected chi connectivity index (χ4v) is 4.82. The highest BCUT2D eigenvalue weighted by Gasteiger charge is 2.21. The van der Waals surface area contributed by atoms with Crippen molar-refractivity contribution >= 4 is 32.9 Å². The van der Waals surface area contributed by atoms with E-state index in [1.54, 1.807) is 37.3 Å². The molecule has 3 aromatic carbocycles. The maximum Gasteiger partial charge on any atom is 0.344 e. The highest BCUT2D eigenvalue weighted by molar-refractivity contribution is 9.10. The second kappa shape index (κ2) is 10.2. The third-order valence-electron chi connectivity index (χ3n) is 6.10. The molecule has 6 nitrogen and oxygen atoms in total. The van der Waals surface area contributed by atoms with Gasteiger partial charge >= 0.3 is 5.97 Å². The Morgan fingerprint density at radius 3 is 2.58 bits per heavy atom. The number of carbonyl (C=O) groups is 1. The van der Waals surface area contributed by atoms with Crippen LogP contribution in [0.15, 0.2) is 68.3 Å². The summed E-state index contributed by atoms with van der Waals surface area (Å²) in [6.45, 7) is 4.94. The molecule has 5 rings (SSSR count). The molecular weight excluding hydrogens is 524 g/mol. The molecule has 2 heterocycles. The Morgan fingerprint density at radius 2 is 1.81 bits per heavy atom. The van der Waals surface area contributed by atoms with Gasteiger partial charge in [-0.2, -0.15) is 0 Å². The molecule has 0 radical (unpaired) electrons. The van der Waals surface area contributed by atoms with Gasteiger partial charge in [0.2, 0.25) is 5.43 Å². The van der Waals surface area contributed by atoms with Crippen molar-refractivity contribution in [2.45, 2.75) is 33.1 Å². The normalized spacial score (nSPS) is 12.9. The summed E-state index contributed by atoms with van der Waals surface area (Å²) in [4.78, 5) is 26.6. The first-order chi connectivity index (χ1) is 17.5. The summed E-state index contributed by atoms with van der Waals surface area (Å²) in [6.07, 6.45) is 2.26. The summed E-state index contributed by atoms with van der Waals surface area (Å²) in [7, 11) is 0. The minimum atomic E-state index is -0.484. The van der Waals surface area contributed by atoms with Gasteiger partial charge in [0.15, 0.2) is 11.5 Å². The van der Waals surface area contributed by atoms with Crippen molar-refractivity contribution in [1.29, 1.82) is 0 Å². The topological polar surface area (TPSA) is 75.0 Å². The number of esters is 1. The van der Waals surface area contributed by atoms with E-state index in [4.69, 9.17) is 18.6 Å². The number of aryl methyl sites for hydroxylation is 2. The van der Waals surface area contributed by atoms with Crippen LogP contribution in [-0.2, 0) is 6.42 Å². The first-order valence-corrected chi connectivity index (χ1v) is 12.7. The summed E-state index contributed by atoms with van der Waals surface area (Å²) < 4.78 is 24.1. The second-order valence-corrected chi connectivity index (χ2v) is 9.50. The van der Waals surface area contributed by atoms with E-state index in [2.05, 4.69) is 15.9 Å². The monoisotopic (exact) mass is 548 g/mol. The van der Waals surface area contributed by atoms with Gasteiger partial charge in [-0.25, -0.2) is 4.79 Å². The molecule has 0 unspecified atom stereocenters. The third-order valence-corrected chi connectivity index (χ3v) is 6.79. The van der Waals surface area contributed by atoms with E-state index in [1.165, 1.54) is 0 Å². The van der Waals surface area contributed by atoms with Crippen LogP contribution in [0.4, 0.5) is 0 Å². The van der Waals surface area contributed by atoms with Crippen molar-refractivity contribution in [2.75, 3.05) is 13.2 Å². The number of ether oxygens (including phenoxy) is 3. The quantitative estimate of drug-likeness (QED) is 0.200. The van der Waals surface area contributed by atoms with Crippen molar-refractivity contribution in [3.05, 3.63) is 86.2 Å². The molecule has 1 aliphatic heterocycles. The van der Waals surface area contributed by atoms with Crippen molar-refractivity contribution in [1.82, 2.24) is 0 Å². The molecule has 0 aliphatic carbocycles. The molecule has 7 heteroatoms. The van der Waals surface area contributed by atoms with Gasteiger partial charge in [0, 0.05) is 17.0 Å². The van der Waals surface area contributed by atoms with Gasteiger partial charge in [0.05, 0.1) is 29.7 Å². The Bertz CT molecular complexity index is 1520. The zero-order valence-electron chi connectivity index (χ0n) is 20.1. The van der Waals surface area contributed by atoms with Gasteiger partial charge in [-0.05, 0) is 70.7 Å². The number of halogens is 1. The lowest BCUT2D eigenvalue weighted by Gasteiger charge is -2.14. The predicted octanol–water partition coefficient (Wildman–Crippen LogP) is 6.86. The molecule has 184 valence electrons. The van der Waals surface area contributed by atoms with Crippen LogP contribution < -0.4 is 19.6 Å². The largest absolute Gasteiger partial charge is 0.490 e. The smallest absolute Gasteiger partial charge is 0.344 e. The number of rotatable bonds is 5. The molecule has 1 aliphatic rings. The summed E-state index contributed by atoms with van der Waals surface area (Å²) in [6, 6.07) is 16.0. The molecule has 0 spiro atoms. The van der Waals surface area contributed by atoms with E-state index in [-0.39, 0.29) is 5.43 Å². The molecule has 4 aromatic rings. The van der Waals surface area contributed by atoms with Crippen LogP contribution in [0.25, 0.3) is 22.1 Å². The van der Waals surface area contributed by atoms with E-state index < -0.39 is 5.97 Å². The fraction of sp³-hybridized carbons (Fsp3) is 0.241. The molecular formula is C29H25BrO6. The molecule has 0 saturated carbocycles. The van der Waals surface area contributed by atoms with Gasteiger partial charge in [-0.3, -0.25) is 4.79 Å². The van der Waals surface area contributed by atoms with Gasteiger partial charge in [-0.1, -0.05) is 31.5 Å². The van der Waals surface area contributed by atoms with Crippen LogP contribution in [-0.4, -0.2) is 19.2 Å². The number of hydrogen-bond acceptors (Lipinski definition) is 6. The summed E-state index contributed by atoms with van der Waals surface area (Å²) in [5.41, 5.74) is 2.58. The van der Waals surface area contributed by atoms with E-state index in [1.807, 2.05) is 31.2 Å². The number of carbonyl (C=O) groups excluding carboxylic acids is 1. The lowest BCUT2D eigenvalue weighted by atomic mass is 9.99. The third kappa shape index (κ3) is 4.63. The highest BCUT2D eigenvalue weighted by atomic mass is 79.9. The van der Waals surface area contributed by atoms with Crippen LogP contribution >= 0.6 is 15.9 Å². The molecule has 0 fully saturated rings. The van der Waals surface area contributed by atoms with Gasteiger partial charge in [0.25, 0.3) is 0 Å². The first kappa shape index (κ1) is 24.1. The molecule has 0 bridgehead atoms. The predicted molar refractivity (Wildman–Crippen MR) is 141 cm³/mol. The van der Waals surface area contributed by atoms with Crippen LogP contribution in [0.2, 0.25) is 0 Å². The van der Waals surface area contributed by atoms with Gasteiger partial charge in [-0.15, -0.1) is 0 Å². The van der Waals surface area contributed by atoms with Crippen LogP contribution in [0.1, 0.15) is 41.4 Å². The first-order valence-electron chi connectivity index (χ1n) is 11.9. The zero-order chi connectivity index (χ0) is 25.2. The number of fused-ring (bicyclic) bond motifs is 2. The summed E-state index contributed by atoms with van der Waals surface area (Å²) >= 11 is 3.40. The molecule has 0 saturated heterocycles.